The van der Waals surface area contributed by atoms with Crippen molar-refractivity contribution in [2.24, 2.45) is 0 Å². The maximum absolute atomic E-state index is 11.2. The fourth-order valence-electron chi connectivity index (χ4n) is 2.48. The van der Waals surface area contributed by atoms with Crippen molar-refractivity contribution < 1.29 is 9.34 Å². The number of furan rings is 1. The smallest absolute Gasteiger partial charge is 0.283 e. The summed E-state index contributed by atoms with van der Waals surface area (Å²) in [5, 5.41) is 11.2. The van der Waals surface area contributed by atoms with Crippen molar-refractivity contribution in [3.8, 4) is 0 Å². The van der Waals surface area contributed by atoms with E-state index in [2.05, 4.69) is 4.90 Å². The Morgan fingerprint density at radius 1 is 1.29 bits per heavy atom. The van der Waals surface area contributed by atoms with Crippen LogP contribution in [0, 0.1) is 10.1 Å². The molecule has 0 saturated carbocycles. The van der Waals surface area contributed by atoms with Gasteiger partial charge >= 0.3 is 0 Å². The highest BCUT2D eigenvalue weighted by Gasteiger charge is 2.19. The molecule has 0 atom stereocenters. The van der Waals surface area contributed by atoms with E-state index in [0.717, 1.165) is 24.5 Å². The van der Waals surface area contributed by atoms with Gasteiger partial charge in [0.2, 0.25) is 0 Å². The molecule has 1 aromatic heterocycles. The molecule has 5 nitrogen and oxygen atoms in total. The van der Waals surface area contributed by atoms with Gasteiger partial charge in [-0.1, -0.05) is 0 Å². The molecule has 0 unspecified atom stereocenters. The van der Waals surface area contributed by atoms with Crippen molar-refractivity contribution in [2.45, 2.75) is 23.5 Å². The number of thioether (sulfide) groups is 1. The predicted molar refractivity (Wildman–Crippen MR) is 82.8 cm³/mol. The summed E-state index contributed by atoms with van der Waals surface area (Å²) in [6, 6.07) is 9.09. The second kappa shape index (κ2) is 6.22. The topological polar surface area (TPSA) is 59.5 Å². The van der Waals surface area contributed by atoms with E-state index in [-0.39, 0.29) is 10.6 Å². The van der Waals surface area contributed by atoms with Crippen LogP contribution in [0.4, 0.5) is 11.4 Å². The third-order valence-electron chi connectivity index (χ3n) is 3.56. The quantitative estimate of drug-likeness (QED) is 0.473. The molecule has 2 heterocycles. The normalized spacial score (nSPS) is 14.6. The molecule has 21 heavy (non-hydrogen) atoms. The zero-order chi connectivity index (χ0) is 14.7. The van der Waals surface area contributed by atoms with Gasteiger partial charge < -0.3 is 9.32 Å². The summed E-state index contributed by atoms with van der Waals surface area (Å²) in [5.41, 5.74) is 1.23. The minimum atomic E-state index is -0.321. The van der Waals surface area contributed by atoms with Crippen molar-refractivity contribution in [3.63, 3.8) is 0 Å². The molecule has 2 aromatic rings. The monoisotopic (exact) mass is 304 g/mol. The lowest BCUT2D eigenvalue weighted by atomic mass is 10.2. The van der Waals surface area contributed by atoms with Crippen LogP contribution in [-0.4, -0.2) is 18.0 Å². The average molecular weight is 304 g/mol. The molecule has 0 amide bonds. The van der Waals surface area contributed by atoms with E-state index in [9.17, 15) is 10.1 Å². The van der Waals surface area contributed by atoms with Crippen LogP contribution < -0.4 is 4.90 Å². The van der Waals surface area contributed by atoms with E-state index >= 15 is 0 Å². The molecule has 1 fully saturated rings. The lowest BCUT2D eigenvalue weighted by Crippen LogP contribution is -2.17. The van der Waals surface area contributed by atoms with E-state index < -0.39 is 0 Å². The third-order valence-corrected chi connectivity index (χ3v) is 4.63. The zero-order valence-corrected chi connectivity index (χ0v) is 12.3. The Labute approximate surface area is 127 Å². The molecule has 0 spiro atoms. The maximum atomic E-state index is 11.2. The molecule has 1 aliphatic rings. The molecule has 6 heteroatoms. The van der Waals surface area contributed by atoms with E-state index in [1.165, 1.54) is 24.6 Å². The first-order valence-electron chi connectivity index (χ1n) is 6.92. The van der Waals surface area contributed by atoms with Crippen molar-refractivity contribution >= 4 is 23.1 Å². The molecule has 0 bridgehead atoms. The number of rotatable bonds is 5. The maximum Gasteiger partial charge on any atom is 0.283 e. The number of hydrogen-bond acceptors (Lipinski definition) is 5. The molecule has 1 saturated heterocycles. The fraction of sp³-hybridized carbons (Fsp3) is 0.333. The number of nitro groups is 1. The summed E-state index contributed by atoms with van der Waals surface area (Å²) in [4.78, 5) is 13.8. The molecular formula is C15H16N2O3S. The number of nitro benzene ring substituents is 1. The van der Waals surface area contributed by atoms with E-state index in [4.69, 9.17) is 4.42 Å². The minimum absolute atomic E-state index is 0.162. The summed E-state index contributed by atoms with van der Waals surface area (Å²) in [6.45, 7) is 2.06. The number of nitrogens with zero attached hydrogens (tertiary/aromatic N) is 2. The highest BCUT2D eigenvalue weighted by Crippen LogP contribution is 2.35. The van der Waals surface area contributed by atoms with Gasteiger partial charge in [0.25, 0.3) is 5.69 Å². The van der Waals surface area contributed by atoms with Gasteiger partial charge in [0.05, 0.1) is 21.8 Å². The first-order valence-corrected chi connectivity index (χ1v) is 7.91. The molecule has 3 rings (SSSR count). The first-order chi connectivity index (χ1) is 10.2. The van der Waals surface area contributed by atoms with Gasteiger partial charge in [-0.3, -0.25) is 10.1 Å². The average Bonchev–Trinajstić information content (AvgIpc) is 3.18. The van der Waals surface area contributed by atoms with Gasteiger partial charge in [-0.15, -0.1) is 11.8 Å². The van der Waals surface area contributed by atoms with Gasteiger partial charge in [-0.05, 0) is 37.1 Å². The Bertz CT molecular complexity index is 622. The Morgan fingerprint density at radius 3 is 2.76 bits per heavy atom. The molecule has 110 valence electrons. The highest BCUT2D eigenvalue weighted by atomic mass is 32.2. The highest BCUT2D eigenvalue weighted by molar-refractivity contribution is 7.98. The predicted octanol–water partition coefficient (Wildman–Crippen LogP) is 4.08. The Kier molecular flexibility index (Phi) is 4.15. The summed E-state index contributed by atoms with van der Waals surface area (Å²) in [7, 11) is 0. The second-order valence-electron chi connectivity index (χ2n) is 4.97. The van der Waals surface area contributed by atoms with Crippen LogP contribution in [0.15, 0.2) is 45.9 Å². The van der Waals surface area contributed by atoms with Gasteiger partial charge in [0.1, 0.15) is 5.76 Å². The standard InChI is InChI=1S/C15H16N2O3S/c18-17(19)14-6-5-12(16-7-1-2-8-16)10-15(14)21-11-13-4-3-9-20-13/h3-6,9-10H,1-2,7-8,11H2. The van der Waals surface area contributed by atoms with Crippen LogP contribution >= 0.6 is 11.8 Å². The Morgan fingerprint density at radius 2 is 2.10 bits per heavy atom. The van der Waals surface area contributed by atoms with Crippen LogP contribution in [0.2, 0.25) is 0 Å². The van der Waals surface area contributed by atoms with Crippen LogP contribution in [0.25, 0.3) is 0 Å². The summed E-state index contributed by atoms with van der Waals surface area (Å²) in [5.74, 6) is 1.41. The van der Waals surface area contributed by atoms with Crippen molar-refractivity contribution in [3.05, 3.63) is 52.5 Å². The van der Waals surface area contributed by atoms with E-state index in [1.807, 2.05) is 24.3 Å². The van der Waals surface area contributed by atoms with Crippen LogP contribution in [-0.2, 0) is 5.75 Å². The lowest BCUT2D eigenvalue weighted by Gasteiger charge is -2.18. The largest absolute Gasteiger partial charge is 0.468 e. The lowest BCUT2D eigenvalue weighted by molar-refractivity contribution is -0.387. The molecule has 0 aliphatic carbocycles. The van der Waals surface area contributed by atoms with Crippen LogP contribution in [0.3, 0.4) is 0 Å². The number of hydrogen-bond donors (Lipinski definition) is 0. The van der Waals surface area contributed by atoms with Crippen LogP contribution in [0.1, 0.15) is 18.6 Å². The number of anilines is 1. The van der Waals surface area contributed by atoms with Crippen LogP contribution in [0.5, 0.6) is 0 Å². The first kappa shape index (κ1) is 14.0. The summed E-state index contributed by atoms with van der Waals surface area (Å²) >= 11 is 1.44. The molecular weight excluding hydrogens is 288 g/mol. The minimum Gasteiger partial charge on any atom is -0.468 e. The van der Waals surface area contributed by atoms with Gasteiger partial charge in [0.15, 0.2) is 0 Å². The van der Waals surface area contributed by atoms with E-state index in [0.29, 0.717) is 10.6 Å². The summed E-state index contributed by atoms with van der Waals surface area (Å²) < 4.78 is 5.28. The van der Waals surface area contributed by atoms with Crippen molar-refractivity contribution in [2.75, 3.05) is 18.0 Å². The Balaban J connectivity index is 1.83. The fourth-order valence-corrected chi connectivity index (χ4v) is 3.44. The van der Waals surface area contributed by atoms with Gasteiger partial charge in [0, 0.05) is 24.8 Å². The SMILES string of the molecule is O=[N+]([O-])c1ccc(N2CCCC2)cc1SCc1ccco1. The summed E-state index contributed by atoms with van der Waals surface area (Å²) in [6.07, 6.45) is 3.99. The molecule has 1 aromatic carbocycles. The molecule has 1 aliphatic heterocycles. The Hall–Kier alpha value is -1.95. The van der Waals surface area contributed by atoms with Crippen molar-refractivity contribution in [1.82, 2.24) is 0 Å². The number of benzene rings is 1. The van der Waals surface area contributed by atoms with Crippen molar-refractivity contribution in [1.29, 1.82) is 0 Å². The second-order valence-corrected chi connectivity index (χ2v) is 5.99. The van der Waals surface area contributed by atoms with E-state index in [1.54, 1.807) is 12.3 Å². The zero-order valence-electron chi connectivity index (χ0n) is 11.5. The molecule has 0 N–H and O–H groups in total. The molecule has 0 radical (unpaired) electrons. The van der Waals surface area contributed by atoms with Gasteiger partial charge in [-0.25, -0.2) is 0 Å². The third kappa shape index (κ3) is 3.21. The van der Waals surface area contributed by atoms with Gasteiger partial charge in [-0.2, -0.15) is 0 Å².